The summed E-state index contributed by atoms with van der Waals surface area (Å²) in [6.45, 7) is 3.55. The molecule has 2 unspecified atom stereocenters. The Kier molecular flexibility index (Phi) is 4.73. The summed E-state index contributed by atoms with van der Waals surface area (Å²) < 4.78 is 4.57. The van der Waals surface area contributed by atoms with E-state index in [2.05, 4.69) is 25.2 Å². The smallest absolute Gasteiger partial charge is 0.275 e. The highest BCUT2D eigenvalue weighted by molar-refractivity contribution is 5.93. The lowest BCUT2D eigenvalue weighted by Crippen LogP contribution is -2.52. The van der Waals surface area contributed by atoms with Gasteiger partial charge < -0.3 is 10.4 Å². The molecule has 2 N–H and O–H groups in total. The maximum Gasteiger partial charge on any atom is 0.275 e. The molecular formula is C15H24N4O3. The third-order valence-corrected chi connectivity index (χ3v) is 4.90. The molecule has 2 fully saturated rings. The molecule has 1 aliphatic heterocycles. The first-order valence-electron chi connectivity index (χ1n) is 8.17. The van der Waals surface area contributed by atoms with Crippen LogP contribution in [0.3, 0.4) is 0 Å². The number of aliphatic hydroxyl groups is 1. The highest BCUT2D eigenvalue weighted by Gasteiger charge is 2.32. The first kappa shape index (κ1) is 15.4. The van der Waals surface area contributed by atoms with E-state index in [0.717, 1.165) is 45.2 Å². The first-order chi connectivity index (χ1) is 10.6. The van der Waals surface area contributed by atoms with Crippen molar-refractivity contribution in [2.75, 3.05) is 13.1 Å². The third kappa shape index (κ3) is 3.30. The molecule has 1 saturated carbocycles. The first-order valence-corrected chi connectivity index (χ1v) is 8.17. The van der Waals surface area contributed by atoms with Crippen molar-refractivity contribution in [3.05, 3.63) is 11.4 Å². The van der Waals surface area contributed by atoms with E-state index in [0.29, 0.717) is 11.7 Å². The number of aryl methyl sites for hydroxylation is 1. The molecule has 1 aromatic heterocycles. The highest BCUT2D eigenvalue weighted by atomic mass is 16.6. The number of piperidine rings is 1. The molecule has 3 rings (SSSR count). The van der Waals surface area contributed by atoms with Crippen molar-refractivity contribution in [2.45, 2.75) is 63.6 Å². The van der Waals surface area contributed by atoms with Gasteiger partial charge in [0.15, 0.2) is 5.69 Å². The summed E-state index contributed by atoms with van der Waals surface area (Å²) in [5.74, 6) is -0.213. The number of carbonyl (C=O) groups excluding carboxylic acids is 1. The van der Waals surface area contributed by atoms with Crippen LogP contribution in [0.25, 0.3) is 0 Å². The Balaban J connectivity index is 1.49. The number of amides is 1. The van der Waals surface area contributed by atoms with Gasteiger partial charge in [-0.2, -0.15) is 0 Å². The zero-order chi connectivity index (χ0) is 15.5. The van der Waals surface area contributed by atoms with E-state index < -0.39 is 0 Å². The largest absolute Gasteiger partial charge is 0.391 e. The maximum absolute atomic E-state index is 12.1. The van der Waals surface area contributed by atoms with Crippen molar-refractivity contribution in [1.82, 2.24) is 20.5 Å². The van der Waals surface area contributed by atoms with Gasteiger partial charge >= 0.3 is 0 Å². The number of nitrogens with zero attached hydrogens (tertiary/aromatic N) is 3. The summed E-state index contributed by atoms with van der Waals surface area (Å²) in [7, 11) is 0. The van der Waals surface area contributed by atoms with Crippen LogP contribution in [0.2, 0.25) is 0 Å². The van der Waals surface area contributed by atoms with Crippen molar-refractivity contribution in [3.63, 3.8) is 0 Å². The van der Waals surface area contributed by atoms with Gasteiger partial charge in [-0.1, -0.05) is 18.0 Å². The van der Waals surface area contributed by atoms with Crippen molar-refractivity contribution in [1.29, 1.82) is 0 Å². The molecule has 2 atom stereocenters. The van der Waals surface area contributed by atoms with Crippen LogP contribution in [0.1, 0.15) is 54.7 Å². The maximum atomic E-state index is 12.1. The van der Waals surface area contributed by atoms with Gasteiger partial charge in [-0.25, -0.2) is 4.63 Å². The van der Waals surface area contributed by atoms with Crippen LogP contribution in [0, 0.1) is 6.92 Å². The van der Waals surface area contributed by atoms with Gasteiger partial charge in [0.05, 0.1) is 6.10 Å². The molecule has 7 nitrogen and oxygen atoms in total. The van der Waals surface area contributed by atoms with Crippen molar-refractivity contribution in [2.24, 2.45) is 0 Å². The molecule has 22 heavy (non-hydrogen) atoms. The van der Waals surface area contributed by atoms with Crippen LogP contribution in [-0.4, -0.2) is 57.5 Å². The summed E-state index contributed by atoms with van der Waals surface area (Å²) in [5, 5.41) is 20.4. The number of likely N-dealkylation sites (tertiary alicyclic amines) is 1. The normalized spacial score (nSPS) is 27.7. The molecule has 122 valence electrons. The number of hydrogen-bond acceptors (Lipinski definition) is 6. The standard InChI is InChI=1S/C15H24N4O3/c1-10-14(18-22-17-10)15(21)16-11-6-8-19(9-7-11)12-4-2-3-5-13(12)20/h11-13,20H,2-9H2,1H3,(H,16,21). The van der Waals surface area contributed by atoms with Gasteiger partial charge in [0.2, 0.25) is 0 Å². The topological polar surface area (TPSA) is 91.5 Å². The van der Waals surface area contributed by atoms with Gasteiger partial charge in [-0.05, 0) is 37.8 Å². The van der Waals surface area contributed by atoms with Crippen LogP contribution in [0.4, 0.5) is 0 Å². The summed E-state index contributed by atoms with van der Waals surface area (Å²) in [4.78, 5) is 14.5. The van der Waals surface area contributed by atoms with Crippen molar-refractivity contribution in [3.8, 4) is 0 Å². The highest BCUT2D eigenvalue weighted by Crippen LogP contribution is 2.25. The van der Waals surface area contributed by atoms with Crippen LogP contribution < -0.4 is 5.32 Å². The minimum atomic E-state index is -0.213. The molecule has 0 bridgehead atoms. The second kappa shape index (κ2) is 6.75. The van der Waals surface area contributed by atoms with Gasteiger partial charge in [0, 0.05) is 25.2 Å². The second-order valence-electron chi connectivity index (χ2n) is 6.40. The minimum absolute atomic E-state index is 0.153. The van der Waals surface area contributed by atoms with Gasteiger partial charge in [0.25, 0.3) is 5.91 Å². The number of aromatic nitrogens is 2. The Morgan fingerprint density at radius 3 is 2.59 bits per heavy atom. The Morgan fingerprint density at radius 2 is 1.95 bits per heavy atom. The molecule has 7 heteroatoms. The van der Waals surface area contributed by atoms with Crippen LogP contribution in [-0.2, 0) is 0 Å². The molecule has 2 aliphatic rings. The Hall–Kier alpha value is -1.47. The molecular weight excluding hydrogens is 284 g/mol. The minimum Gasteiger partial charge on any atom is -0.391 e. The van der Waals surface area contributed by atoms with E-state index in [1.54, 1.807) is 6.92 Å². The van der Waals surface area contributed by atoms with Gasteiger partial charge in [-0.15, -0.1) is 0 Å². The fourth-order valence-corrected chi connectivity index (χ4v) is 3.58. The number of nitrogens with one attached hydrogen (secondary N) is 1. The predicted octanol–water partition coefficient (Wildman–Crippen LogP) is 0.876. The number of hydrogen-bond donors (Lipinski definition) is 2. The van der Waals surface area contributed by atoms with Crippen molar-refractivity contribution < 1.29 is 14.5 Å². The SMILES string of the molecule is Cc1nonc1C(=O)NC1CCN(C2CCCCC2O)CC1. The zero-order valence-electron chi connectivity index (χ0n) is 13.0. The average Bonchev–Trinajstić information content (AvgIpc) is 2.95. The lowest BCUT2D eigenvalue weighted by molar-refractivity contribution is 0.00725. The van der Waals surface area contributed by atoms with E-state index in [4.69, 9.17) is 0 Å². The average molecular weight is 308 g/mol. The van der Waals surface area contributed by atoms with Gasteiger partial charge in [-0.3, -0.25) is 9.69 Å². The van der Waals surface area contributed by atoms with Crippen LogP contribution in [0.5, 0.6) is 0 Å². The number of aliphatic hydroxyl groups excluding tert-OH is 1. The molecule has 1 amide bonds. The fraction of sp³-hybridized carbons (Fsp3) is 0.800. The molecule has 1 aliphatic carbocycles. The second-order valence-corrected chi connectivity index (χ2v) is 6.40. The molecule has 0 radical (unpaired) electrons. The predicted molar refractivity (Wildman–Crippen MR) is 79.4 cm³/mol. The molecule has 0 aromatic carbocycles. The van der Waals surface area contributed by atoms with Crippen molar-refractivity contribution >= 4 is 5.91 Å². The van der Waals surface area contributed by atoms with E-state index >= 15 is 0 Å². The van der Waals surface area contributed by atoms with Crippen LogP contribution >= 0.6 is 0 Å². The number of carbonyl (C=O) groups is 1. The Morgan fingerprint density at radius 1 is 1.23 bits per heavy atom. The molecule has 0 spiro atoms. The monoisotopic (exact) mass is 308 g/mol. The van der Waals surface area contributed by atoms with E-state index in [9.17, 15) is 9.90 Å². The van der Waals surface area contributed by atoms with E-state index in [-0.39, 0.29) is 23.7 Å². The molecule has 2 heterocycles. The summed E-state index contributed by atoms with van der Waals surface area (Å²) in [6, 6.07) is 0.452. The zero-order valence-corrected chi connectivity index (χ0v) is 13.0. The van der Waals surface area contributed by atoms with E-state index in [1.165, 1.54) is 6.42 Å². The fourth-order valence-electron chi connectivity index (χ4n) is 3.58. The lowest BCUT2D eigenvalue weighted by atomic mass is 9.89. The molecule has 1 saturated heterocycles. The summed E-state index contributed by atoms with van der Waals surface area (Å²) in [6.07, 6.45) is 5.95. The molecule has 1 aromatic rings. The van der Waals surface area contributed by atoms with E-state index in [1.807, 2.05) is 0 Å². The summed E-state index contributed by atoms with van der Waals surface area (Å²) >= 11 is 0. The lowest BCUT2D eigenvalue weighted by Gasteiger charge is -2.41. The van der Waals surface area contributed by atoms with Gasteiger partial charge in [0.1, 0.15) is 5.69 Å². The Bertz CT molecular complexity index is 511. The summed E-state index contributed by atoms with van der Waals surface area (Å²) in [5.41, 5.74) is 0.783. The van der Waals surface area contributed by atoms with Crippen LogP contribution in [0.15, 0.2) is 4.63 Å². The third-order valence-electron chi connectivity index (χ3n) is 4.90. The quantitative estimate of drug-likeness (QED) is 0.861. The Labute approximate surface area is 130 Å². The number of rotatable bonds is 3.